The summed E-state index contributed by atoms with van der Waals surface area (Å²) in [5, 5.41) is 0. The minimum atomic E-state index is -4.64. The predicted octanol–water partition coefficient (Wildman–Crippen LogP) is 2.72. The Bertz CT molecular complexity index is 922. The first-order valence-corrected chi connectivity index (χ1v) is 11.2. The molecule has 4 rings (SSSR count). The molecule has 0 amide bonds. The van der Waals surface area contributed by atoms with Crippen LogP contribution in [0.3, 0.4) is 0 Å². The summed E-state index contributed by atoms with van der Waals surface area (Å²) in [7, 11) is -4.64. The summed E-state index contributed by atoms with van der Waals surface area (Å²) in [6.07, 6.45) is 0. The molecule has 3 aromatic carbocycles. The third kappa shape index (κ3) is 4.14. The summed E-state index contributed by atoms with van der Waals surface area (Å²) < 4.78 is 38.5. The highest BCUT2D eigenvalue weighted by atomic mass is 35.7. The van der Waals surface area contributed by atoms with Crippen LogP contribution in [0.15, 0.2) is 91.0 Å². The van der Waals surface area contributed by atoms with Crippen molar-refractivity contribution in [3.8, 4) is 0 Å². The smallest absolute Gasteiger partial charge is 0.183 e. The highest BCUT2D eigenvalue weighted by molar-refractivity contribution is 8.29. The fraction of sp³-hybridized carbons (Fsp3) is 0.0476. The number of rotatable bonds is 5. The van der Waals surface area contributed by atoms with Gasteiger partial charge in [-0.1, -0.05) is 115 Å². The average Bonchev–Trinajstić information content (AvgIpc) is 3.09. The second-order valence-electron chi connectivity index (χ2n) is 5.97. The van der Waals surface area contributed by atoms with Gasteiger partial charge in [-0.15, -0.1) is 0 Å². The van der Waals surface area contributed by atoms with Gasteiger partial charge < -0.3 is 0 Å². The molecule has 1 aliphatic heterocycles. The third-order valence-electron chi connectivity index (χ3n) is 4.07. The van der Waals surface area contributed by atoms with Crippen molar-refractivity contribution in [2.45, 2.75) is 4.27 Å². The van der Waals surface area contributed by atoms with E-state index in [-0.39, 0.29) is 0 Å². The monoisotopic (exact) mass is 430 g/mol. The second-order valence-corrected chi connectivity index (χ2v) is 9.51. The van der Waals surface area contributed by atoms with Crippen molar-refractivity contribution >= 4 is 33.3 Å². The third-order valence-corrected chi connectivity index (χ3v) is 7.77. The number of thioether (sulfide) groups is 2. The van der Waals surface area contributed by atoms with Gasteiger partial charge in [0, 0.05) is 15.4 Å². The minimum absolute atomic E-state index is 0.594. The van der Waals surface area contributed by atoms with Gasteiger partial charge in [0.2, 0.25) is 0 Å². The second kappa shape index (κ2) is 7.93. The molecule has 1 heterocycles. The van der Waals surface area contributed by atoms with Crippen LogP contribution >= 0.6 is 23.5 Å². The van der Waals surface area contributed by atoms with E-state index < -0.39 is 14.5 Å². The van der Waals surface area contributed by atoms with Gasteiger partial charge in [-0.3, -0.25) is 0 Å². The molecule has 142 valence electrons. The molecule has 0 N–H and O–H groups in total. The SMILES string of the molecule is [O-][Cl+3]([O-])([O-])OC1(c2ccccc2)SC(c2ccccc2)=C(c2ccccc2)S1. The standard InChI is InChI=1S/C21H15ClO4S2/c23-22(24,25)26-21(18-14-8-3-9-15-18)27-19(16-10-4-1-5-11-16)20(28-21)17-12-6-2-7-13-17/h1-15H. The van der Waals surface area contributed by atoms with E-state index in [4.69, 9.17) is 4.29 Å². The Kier molecular flexibility index (Phi) is 5.53. The molecular formula is C21H15ClO4S2. The van der Waals surface area contributed by atoms with Gasteiger partial charge >= 0.3 is 4.27 Å². The predicted molar refractivity (Wildman–Crippen MR) is 104 cm³/mol. The quantitative estimate of drug-likeness (QED) is 0.619. The highest BCUT2D eigenvalue weighted by Crippen LogP contribution is 2.66. The Hall–Kier alpha value is -1.77. The van der Waals surface area contributed by atoms with Crippen LogP contribution < -0.4 is 14.0 Å². The lowest BCUT2D eigenvalue weighted by molar-refractivity contribution is -1.92. The molecule has 7 heteroatoms. The maximum absolute atomic E-state index is 11.6. The lowest BCUT2D eigenvalue weighted by Crippen LogP contribution is -2.63. The molecule has 0 bridgehead atoms. The molecular weight excluding hydrogens is 416 g/mol. The largest absolute Gasteiger partial charge is 0.349 e. The molecule has 28 heavy (non-hydrogen) atoms. The average molecular weight is 431 g/mol. The van der Waals surface area contributed by atoms with E-state index in [9.17, 15) is 14.0 Å². The van der Waals surface area contributed by atoms with Crippen LogP contribution in [0.2, 0.25) is 0 Å². The Balaban J connectivity index is 1.86. The molecule has 0 spiro atoms. The van der Waals surface area contributed by atoms with E-state index in [0.29, 0.717) is 5.56 Å². The first-order chi connectivity index (χ1) is 13.5. The molecule has 0 radical (unpaired) electrons. The van der Waals surface area contributed by atoms with Crippen LogP contribution in [0.1, 0.15) is 16.7 Å². The van der Waals surface area contributed by atoms with Gasteiger partial charge in [0.25, 0.3) is 0 Å². The van der Waals surface area contributed by atoms with Crippen molar-refractivity contribution in [3.63, 3.8) is 0 Å². The molecule has 0 saturated carbocycles. The normalized spacial score (nSPS) is 16.4. The van der Waals surface area contributed by atoms with Gasteiger partial charge in [0.1, 0.15) is 4.29 Å². The topological polar surface area (TPSA) is 78.4 Å². The maximum atomic E-state index is 11.6. The Labute approximate surface area is 173 Å². The Morgan fingerprint density at radius 1 is 0.607 bits per heavy atom. The Morgan fingerprint density at radius 3 is 1.39 bits per heavy atom. The molecule has 0 aliphatic carbocycles. The van der Waals surface area contributed by atoms with Crippen molar-refractivity contribution in [3.05, 3.63) is 108 Å². The van der Waals surface area contributed by atoms with Crippen LogP contribution in [0.5, 0.6) is 0 Å². The van der Waals surface area contributed by atoms with Crippen LogP contribution in [0.25, 0.3) is 9.81 Å². The van der Waals surface area contributed by atoms with Gasteiger partial charge in [-0.2, -0.15) is 14.0 Å². The van der Waals surface area contributed by atoms with Crippen molar-refractivity contribution < 1.29 is 28.5 Å². The molecule has 1 aliphatic rings. The first-order valence-electron chi connectivity index (χ1n) is 8.37. The molecule has 4 nitrogen and oxygen atoms in total. The first kappa shape index (κ1) is 19.5. The van der Waals surface area contributed by atoms with E-state index in [1.807, 2.05) is 66.7 Å². The number of benzene rings is 3. The van der Waals surface area contributed by atoms with Crippen LogP contribution in [-0.4, -0.2) is 0 Å². The zero-order valence-corrected chi connectivity index (χ0v) is 16.9. The van der Waals surface area contributed by atoms with Crippen LogP contribution in [0.4, 0.5) is 0 Å². The summed E-state index contributed by atoms with van der Waals surface area (Å²) in [6, 6.07) is 28.3. The van der Waals surface area contributed by atoms with E-state index in [2.05, 4.69) is 0 Å². The van der Waals surface area contributed by atoms with Gasteiger partial charge in [0.05, 0.1) is 10.2 Å². The summed E-state index contributed by atoms with van der Waals surface area (Å²) in [6.45, 7) is 0. The summed E-state index contributed by atoms with van der Waals surface area (Å²) in [4.78, 5) is 1.72. The number of halogens is 1. The molecule has 0 unspecified atom stereocenters. The number of hydrogen-bond acceptors (Lipinski definition) is 6. The number of hydrogen-bond donors (Lipinski definition) is 0. The lowest BCUT2D eigenvalue weighted by atomic mass is 10.1. The van der Waals surface area contributed by atoms with Gasteiger partial charge in [-0.25, -0.2) is 0 Å². The zero-order chi connectivity index (χ0) is 19.6. The molecule has 3 aromatic rings. The van der Waals surface area contributed by atoms with E-state index in [0.717, 1.165) is 20.9 Å². The highest BCUT2D eigenvalue weighted by Gasteiger charge is 2.55. The zero-order valence-electron chi connectivity index (χ0n) is 14.5. The maximum Gasteiger partial charge on any atom is 0.349 e. The van der Waals surface area contributed by atoms with Crippen molar-refractivity contribution in [2.75, 3.05) is 0 Å². The molecule has 0 saturated heterocycles. The minimum Gasteiger partial charge on any atom is -0.183 e. The van der Waals surface area contributed by atoms with E-state index in [1.54, 1.807) is 24.3 Å². The summed E-state index contributed by atoms with van der Waals surface area (Å²) in [5.41, 5.74) is 2.46. The Morgan fingerprint density at radius 2 is 1.00 bits per heavy atom. The van der Waals surface area contributed by atoms with Crippen LogP contribution in [0, 0.1) is 10.2 Å². The fourth-order valence-corrected chi connectivity index (χ4v) is 6.85. The van der Waals surface area contributed by atoms with Crippen molar-refractivity contribution in [1.29, 1.82) is 0 Å². The molecule has 0 aromatic heterocycles. The summed E-state index contributed by atoms with van der Waals surface area (Å²) >= 11 is 2.46. The van der Waals surface area contributed by atoms with E-state index >= 15 is 0 Å². The molecule has 0 fully saturated rings. The van der Waals surface area contributed by atoms with Gasteiger partial charge in [-0.05, 0) is 11.1 Å². The fourth-order valence-electron chi connectivity index (χ4n) is 2.90. The van der Waals surface area contributed by atoms with Crippen LogP contribution in [-0.2, 0) is 8.55 Å². The van der Waals surface area contributed by atoms with Gasteiger partial charge in [0.15, 0.2) is 0 Å². The summed E-state index contributed by atoms with van der Waals surface area (Å²) in [5.74, 6) is 0. The van der Waals surface area contributed by atoms with E-state index in [1.165, 1.54) is 23.5 Å². The van der Waals surface area contributed by atoms with Crippen molar-refractivity contribution in [2.24, 2.45) is 0 Å². The molecule has 0 atom stereocenters. The lowest BCUT2D eigenvalue weighted by Gasteiger charge is -2.25. The van der Waals surface area contributed by atoms with Crippen molar-refractivity contribution in [1.82, 2.24) is 0 Å².